The standard InChI is InChI=1S/C10H17N3O/c1-2-10(14)11-7-9-8-12-3-5-13(9)6-4-12/h2,9H,1,3-8H2,(H,11,14). The highest BCUT2D eigenvalue weighted by atomic mass is 16.1. The number of nitrogens with one attached hydrogen (secondary N) is 1. The summed E-state index contributed by atoms with van der Waals surface area (Å²) < 4.78 is 0. The van der Waals surface area contributed by atoms with E-state index < -0.39 is 0 Å². The molecule has 3 aliphatic heterocycles. The van der Waals surface area contributed by atoms with Gasteiger partial charge in [0.1, 0.15) is 0 Å². The van der Waals surface area contributed by atoms with E-state index in [0.717, 1.165) is 26.2 Å². The first-order valence-electron chi connectivity index (χ1n) is 5.16. The van der Waals surface area contributed by atoms with Crippen molar-refractivity contribution in [3.8, 4) is 0 Å². The zero-order chi connectivity index (χ0) is 9.97. The number of carbonyl (C=O) groups is 1. The Morgan fingerprint density at radius 1 is 1.43 bits per heavy atom. The third-order valence-corrected chi connectivity index (χ3v) is 3.09. The van der Waals surface area contributed by atoms with Crippen LogP contribution in [-0.4, -0.2) is 61.0 Å². The van der Waals surface area contributed by atoms with Crippen LogP contribution < -0.4 is 5.32 Å². The lowest BCUT2D eigenvalue weighted by Gasteiger charge is -2.47. The summed E-state index contributed by atoms with van der Waals surface area (Å²) in [6.07, 6.45) is 1.33. The molecule has 3 heterocycles. The average molecular weight is 195 g/mol. The molecule has 3 aliphatic rings. The van der Waals surface area contributed by atoms with E-state index in [2.05, 4.69) is 21.7 Å². The molecule has 3 saturated heterocycles. The smallest absolute Gasteiger partial charge is 0.243 e. The number of rotatable bonds is 3. The maximum absolute atomic E-state index is 11.0. The maximum Gasteiger partial charge on any atom is 0.243 e. The molecule has 4 heteroatoms. The Bertz CT molecular complexity index is 234. The van der Waals surface area contributed by atoms with Crippen LogP contribution in [-0.2, 0) is 4.79 Å². The molecular formula is C10H17N3O. The molecule has 3 fully saturated rings. The maximum atomic E-state index is 11.0. The van der Waals surface area contributed by atoms with E-state index in [0.29, 0.717) is 6.04 Å². The first-order valence-corrected chi connectivity index (χ1v) is 5.16. The molecule has 78 valence electrons. The predicted octanol–water partition coefficient (Wildman–Crippen LogP) is -0.712. The zero-order valence-corrected chi connectivity index (χ0v) is 8.41. The van der Waals surface area contributed by atoms with Crippen molar-refractivity contribution >= 4 is 5.91 Å². The van der Waals surface area contributed by atoms with Gasteiger partial charge in [0.15, 0.2) is 0 Å². The molecule has 14 heavy (non-hydrogen) atoms. The van der Waals surface area contributed by atoms with E-state index in [1.165, 1.54) is 19.2 Å². The second-order valence-corrected chi connectivity index (χ2v) is 3.94. The minimum absolute atomic E-state index is 0.0670. The monoisotopic (exact) mass is 195 g/mol. The van der Waals surface area contributed by atoms with Gasteiger partial charge < -0.3 is 5.32 Å². The van der Waals surface area contributed by atoms with Gasteiger partial charge in [-0.25, -0.2) is 0 Å². The molecule has 0 aliphatic carbocycles. The normalized spacial score (nSPS) is 35.3. The van der Waals surface area contributed by atoms with Gasteiger partial charge in [-0.1, -0.05) is 6.58 Å². The molecule has 0 aromatic heterocycles. The number of hydrogen-bond acceptors (Lipinski definition) is 3. The summed E-state index contributed by atoms with van der Waals surface area (Å²) in [4.78, 5) is 15.9. The SMILES string of the molecule is C=CC(=O)NCC1CN2CCN1CC2. The summed E-state index contributed by atoms with van der Waals surface area (Å²) in [5.74, 6) is -0.0670. The molecule has 1 N–H and O–H groups in total. The Labute approximate surface area is 84.6 Å². The van der Waals surface area contributed by atoms with Gasteiger partial charge >= 0.3 is 0 Å². The van der Waals surface area contributed by atoms with Gasteiger partial charge in [0.2, 0.25) is 5.91 Å². The molecular weight excluding hydrogens is 178 g/mol. The van der Waals surface area contributed by atoms with E-state index in [-0.39, 0.29) is 5.91 Å². The van der Waals surface area contributed by atoms with Crippen LogP contribution >= 0.6 is 0 Å². The Kier molecular flexibility index (Phi) is 2.84. The molecule has 3 rings (SSSR count). The summed E-state index contributed by atoms with van der Waals surface area (Å²) in [5.41, 5.74) is 0. The lowest BCUT2D eigenvalue weighted by Crippen LogP contribution is -2.63. The molecule has 2 bridgehead atoms. The van der Waals surface area contributed by atoms with Gasteiger partial charge in [0.25, 0.3) is 0 Å². The highest BCUT2D eigenvalue weighted by molar-refractivity contribution is 5.86. The van der Waals surface area contributed by atoms with Gasteiger partial charge in [0.05, 0.1) is 0 Å². The van der Waals surface area contributed by atoms with E-state index in [4.69, 9.17) is 0 Å². The molecule has 0 aromatic carbocycles. The Balaban J connectivity index is 1.81. The van der Waals surface area contributed by atoms with Crippen molar-refractivity contribution in [1.29, 1.82) is 0 Å². The van der Waals surface area contributed by atoms with Crippen LogP contribution in [0.1, 0.15) is 0 Å². The molecule has 0 aromatic rings. The number of amides is 1. The molecule has 0 radical (unpaired) electrons. The van der Waals surface area contributed by atoms with Crippen LogP contribution in [0.4, 0.5) is 0 Å². The first kappa shape index (κ1) is 9.68. The topological polar surface area (TPSA) is 35.6 Å². The highest BCUT2D eigenvalue weighted by Gasteiger charge is 2.31. The number of hydrogen-bond donors (Lipinski definition) is 1. The van der Waals surface area contributed by atoms with E-state index in [1.807, 2.05) is 0 Å². The van der Waals surface area contributed by atoms with Gasteiger partial charge in [-0.05, 0) is 6.08 Å². The number of carbonyl (C=O) groups excluding carboxylic acids is 1. The fourth-order valence-electron chi connectivity index (χ4n) is 2.21. The van der Waals surface area contributed by atoms with Crippen LogP contribution in [0.25, 0.3) is 0 Å². The largest absolute Gasteiger partial charge is 0.351 e. The lowest BCUT2D eigenvalue weighted by molar-refractivity contribution is -0.117. The summed E-state index contributed by atoms with van der Waals surface area (Å²) >= 11 is 0. The van der Waals surface area contributed by atoms with Crippen molar-refractivity contribution in [2.75, 3.05) is 39.3 Å². The fourth-order valence-corrected chi connectivity index (χ4v) is 2.21. The van der Waals surface area contributed by atoms with Gasteiger partial charge in [-0.15, -0.1) is 0 Å². The van der Waals surface area contributed by atoms with Crippen LogP contribution in [0, 0.1) is 0 Å². The van der Waals surface area contributed by atoms with Crippen molar-refractivity contribution in [3.63, 3.8) is 0 Å². The highest BCUT2D eigenvalue weighted by Crippen LogP contribution is 2.14. The minimum Gasteiger partial charge on any atom is -0.351 e. The number of fused-ring (bicyclic) bond motifs is 3. The molecule has 1 amide bonds. The van der Waals surface area contributed by atoms with Crippen molar-refractivity contribution in [2.45, 2.75) is 6.04 Å². The molecule has 1 atom stereocenters. The summed E-state index contributed by atoms with van der Waals surface area (Å²) in [7, 11) is 0. The first-order chi connectivity index (χ1) is 6.79. The van der Waals surface area contributed by atoms with Crippen LogP contribution in [0.5, 0.6) is 0 Å². The number of piperazine rings is 3. The Hall–Kier alpha value is -0.870. The van der Waals surface area contributed by atoms with Crippen molar-refractivity contribution in [1.82, 2.24) is 15.1 Å². The van der Waals surface area contributed by atoms with Crippen molar-refractivity contribution in [2.24, 2.45) is 0 Å². The molecule has 0 saturated carbocycles. The second kappa shape index (κ2) is 4.11. The van der Waals surface area contributed by atoms with Crippen molar-refractivity contribution in [3.05, 3.63) is 12.7 Å². The number of nitrogens with zero attached hydrogens (tertiary/aromatic N) is 2. The zero-order valence-electron chi connectivity index (χ0n) is 8.41. The third-order valence-electron chi connectivity index (χ3n) is 3.09. The average Bonchev–Trinajstić information content (AvgIpc) is 2.27. The predicted molar refractivity (Wildman–Crippen MR) is 55.0 cm³/mol. The van der Waals surface area contributed by atoms with Crippen LogP contribution in [0.15, 0.2) is 12.7 Å². The van der Waals surface area contributed by atoms with Crippen LogP contribution in [0.3, 0.4) is 0 Å². The van der Waals surface area contributed by atoms with Gasteiger partial charge in [-0.3, -0.25) is 14.6 Å². The lowest BCUT2D eigenvalue weighted by atomic mass is 10.1. The second-order valence-electron chi connectivity index (χ2n) is 3.94. The Morgan fingerprint density at radius 2 is 2.14 bits per heavy atom. The Morgan fingerprint density at radius 3 is 2.64 bits per heavy atom. The van der Waals surface area contributed by atoms with E-state index in [1.54, 1.807) is 0 Å². The molecule has 0 spiro atoms. The molecule has 4 nitrogen and oxygen atoms in total. The quantitative estimate of drug-likeness (QED) is 0.604. The summed E-state index contributed by atoms with van der Waals surface area (Å²) in [6.45, 7) is 9.95. The van der Waals surface area contributed by atoms with E-state index >= 15 is 0 Å². The van der Waals surface area contributed by atoms with E-state index in [9.17, 15) is 4.79 Å². The van der Waals surface area contributed by atoms with Crippen molar-refractivity contribution < 1.29 is 4.79 Å². The van der Waals surface area contributed by atoms with Gasteiger partial charge in [-0.2, -0.15) is 0 Å². The fraction of sp³-hybridized carbons (Fsp3) is 0.700. The van der Waals surface area contributed by atoms with Gasteiger partial charge in [0, 0.05) is 45.3 Å². The summed E-state index contributed by atoms with van der Waals surface area (Å²) in [5, 5.41) is 2.86. The van der Waals surface area contributed by atoms with Crippen LogP contribution in [0.2, 0.25) is 0 Å². The third kappa shape index (κ3) is 1.96. The molecule has 1 unspecified atom stereocenters. The minimum atomic E-state index is -0.0670. The summed E-state index contributed by atoms with van der Waals surface area (Å²) in [6, 6.07) is 0.501.